The fourth-order valence-corrected chi connectivity index (χ4v) is 2.77. The van der Waals surface area contributed by atoms with Gasteiger partial charge in [-0.3, -0.25) is 4.57 Å². The van der Waals surface area contributed by atoms with E-state index in [9.17, 15) is 13.0 Å². The number of hydrogen-bond donors (Lipinski definition) is 2. The van der Waals surface area contributed by atoms with Crippen molar-refractivity contribution in [1.82, 2.24) is 0 Å². The number of sulfone groups is 1. The lowest BCUT2D eigenvalue weighted by Crippen LogP contribution is -2.00. The summed E-state index contributed by atoms with van der Waals surface area (Å²) in [5, 5.41) is 0. The van der Waals surface area contributed by atoms with Gasteiger partial charge < -0.3 is 9.79 Å². The summed E-state index contributed by atoms with van der Waals surface area (Å²) in [5.41, 5.74) is 1.10. The molecule has 2 N–H and O–H groups in total. The molecule has 0 bridgehead atoms. The SMILES string of the molecule is CS(=O)(=O)Cc1ccc(CP(=O)(O)O)cc1. The summed E-state index contributed by atoms with van der Waals surface area (Å²) in [6.45, 7) is 0. The van der Waals surface area contributed by atoms with Gasteiger partial charge >= 0.3 is 7.60 Å². The highest BCUT2D eigenvalue weighted by molar-refractivity contribution is 7.89. The van der Waals surface area contributed by atoms with Gasteiger partial charge in [0.25, 0.3) is 0 Å². The molecular weight excluding hydrogens is 251 g/mol. The highest BCUT2D eigenvalue weighted by Crippen LogP contribution is 2.38. The summed E-state index contributed by atoms with van der Waals surface area (Å²) < 4.78 is 32.7. The Labute approximate surface area is 94.2 Å². The van der Waals surface area contributed by atoms with Crippen LogP contribution in [0.4, 0.5) is 0 Å². The lowest BCUT2D eigenvalue weighted by Gasteiger charge is -2.05. The average molecular weight is 264 g/mol. The van der Waals surface area contributed by atoms with Gasteiger partial charge in [-0.1, -0.05) is 24.3 Å². The number of rotatable bonds is 4. The van der Waals surface area contributed by atoms with Crippen LogP contribution in [0.15, 0.2) is 24.3 Å². The fraction of sp³-hybridized carbons (Fsp3) is 0.333. The van der Waals surface area contributed by atoms with Crippen LogP contribution in [0.25, 0.3) is 0 Å². The molecule has 0 spiro atoms. The zero-order valence-corrected chi connectivity index (χ0v) is 10.4. The molecule has 0 atom stereocenters. The summed E-state index contributed by atoms with van der Waals surface area (Å²) in [6.07, 6.45) is 0.808. The summed E-state index contributed by atoms with van der Waals surface area (Å²) in [5.74, 6) is -0.0663. The lowest BCUT2D eigenvalue weighted by atomic mass is 10.2. The van der Waals surface area contributed by atoms with Crippen LogP contribution >= 0.6 is 7.60 Å². The molecule has 0 aliphatic heterocycles. The molecule has 0 amide bonds. The largest absolute Gasteiger partial charge is 0.329 e. The molecule has 1 aromatic rings. The molecule has 0 saturated carbocycles. The Morgan fingerprint density at radius 3 is 1.94 bits per heavy atom. The molecule has 0 radical (unpaired) electrons. The van der Waals surface area contributed by atoms with Gasteiger partial charge in [0.1, 0.15) is 0 Å². The third kappa shape index (κ3) is 5.42. The Morgan fingerprint density at radius 2 is 1.56 bits per heavy atom. The molecule has 1 aromatic carbocycles. The van der Waals surface area contributed by atoms with Gasteiger partial charge in [-0.25, -0.2) is 8.42 Å². The topological polar surface area (TPSA) is 91.7 Å². The van der Waals surface area contributed by atoms with Crippen LogP contribution in [0.5, 0.6) is 0 Å². The van der Waals surface area contributed by atoms with Crippen molar-refractivity contribution >= 4 is 17.4 Å². The summed E-state index contributed by atoms with van der Waals surface area (Å²) in [6, 6.07) is 6.18. The Morgan fingerprint density at radius 1 is 1.12 bits per heavy atom. The van der Waals surface area contributed by atoms with E-state index in [4.69, 9.17) is 9.79 Å². The predicted octanol–water partition coefficient (Wildman–Crippen LogP) is 0.909. The van der Waals surface area contributed by atoms with Crippen molar-refractivity contribution < 1.29 is 22.8 Å². The molecular formula is C9H13O5PS. The molecule has 90 valence electrons. The molecule has 0 aliphatic rings. The van der Waals surface area contributed by atoms with Crippen LogP contribution in [0, 0.1) is 0 Å². The molecule has 1 rings (SSSR count). The standard InChI is InChI=1S/C9H13O5PS/c1-16(13,14)7-9-4-2-8(3-5-9)6-15(10,11)12/h2-5H,6-7H2,1H3,(H2,10,11,12). The van der Waals surface area contributed by atoms with Gasteiger partial charge in [-0.05, 0) is 11.1 Å². The van der Waals surface area contributed by atoms with Crippen LogP contribution in [0.1, 0.15) is 11.1 Å². The maximum absolute atomic E-state index is 11.0. The molecule has 0 aliphatic carbocycles. The minimum atomic E-state index is -4.06. The van der Waals surface area contributed by atoms with Gasteiger partial charge in [0.2, 0.25) is 0 Å². The molecule has 16 heavy (non-hydrogen) atoms. The molecule has 0 unspecified atom stereocenters. The molecule has 7 heteroatoms. The van der Waals surface area contributed by atoms with Crippen molar-refractivity contribution in [2.24, 2.45) is 0 Å². The summed E-state index contributed by atoms with van der Waals surface area (Å²) >= 11 is 0. The quantitative estimate of drug-likeness (QED) is 0.788. The highest BCUT2D eigenvalue weighted by atomic mass is 32.2. The van der Waals surface area contributed by atoms with Crippen LogP contribution in [0.3, 0.4) is 0 Å². The second kappa shape index (κ2) is 4.67. The lowest BCUT2D eigenvalue weighted by molar-refractivity contribution is 0.371. The fourth-order valence-electron chi connectivity index (χ4n) is 1.28. The Bertz CT molecular complexity index is 499. The summed E-state index contributed by atoms with van der Waals surface area (Å²) in [7, 11) is -7.14. The minimum Gasteiger partial charge on any atom is -0.324 e. The van der Waals surface area contributed by atoms with Gasteiger partial charge in [0.15, 0.2) is 9.84 Å². The van der Waals surface area contributed by atoms with Crippen molar-refractivity contribution in [3.63, 3.8) is 0 Å². The molecule has 0 aromatic heterocycles. The zero-order valence-electron chi connectivity index (χ0n) is 8.70. The molecule has 0 heterocycles. The van der Waals surface area contributed by atoms with E-state index >= 15 is 0 Å². The second-order valence-electron chi connectivity index (χ2n) is 3.71. The summed E-state index contributed by atoms with van der Waals surface area (Å²) in [4.78, 5) is 17.5. The Kier molecular flexibility index (Phi) is 3.91. The molecule has 0 fully saturated rings. The van der Waals surface area contributed by atoms with Gasteiger partial charge in [-0.2, -0.15) is 0 Å². The third-order valence-corrected chi connectivity index (χ3v) is 3.48. The van der Waals surface area contributed by atoms with Crippen LogP contribution in [-0.4, -0.2) is 24.5 Å². The van der Waals surface area contributed by atoms with Gasteiger partial charge in [-0.15, -0.1) is 0 Å². The van der Waals surface area contributed by atoms with Crippen LogP contribution < -0.4 is 0 Å². The van der Waals surface area contributed by atoms with Gasteiger partial charge in [0.05, 0.1) is 11.9 Å². The van der Waals surface area contributed by atoms with Crippen LogP contribution in [-0.2, 0) is 26.3 Å². The van der Waals surface area contributed by atoms with Crippen molar-refractivity contribution in [2.45, 2.75) is 11.9 Å². The van der Waals surface area contributed by atoms with E-state index < -0.39 is 17.4 Å². The molecule has 0 saturated heterocycles. The van der Waals surface area contributed by atoms with Gasteiger partial charge in [0, 0.05) is 6.26 Å². The van der Waals surface area contributed by atoms with Crippen molar-refractivity contribution in [3.05, 3.63) is 35.4 Å². The van der Waals surface area contributed by atoms with E-state index in [1.165, 1.54) is 12.1 Å². The predicted molar refractivity (Wildman–Crippen MR) is 60.7 cm³/mol. The first kappa shape index (κ1) is 13.4. The van der Waals surface area contributed by atoms with E-state index in [0.29, 0.717) is 11.1 Å². The van der Waals surface area contributed by atoms with E-state index in [2.05, 4.69) is 0 Å². The van der Waals surface area contributed by atoms with Crippen molar-refractivity contribution in [3.8, 4) is 0 Å². The van der Waals surface area contributed by atoms with E-state index in [-0.39, 0.29) is 11.9 Å². The maximum atomic E-state index is 11.0. The van der Waals surface area contributed by atoms with E-state index in [1.54, 1.807) is 12.1 Å². The average Bonchev–Trinajstić information content (AvgIpc) is 2.03. The first-order valence-electron chi connectivity index (χ1n) is 4.46. The first-order chi connectivity index (χ1) is 7.16. The van der Waals surface area contributed by atoms with E-state index in [0.717, 1.165) is 6.26 Å². The third-order valence-electron chi connectivity index (χ3n) is 1.84. The Hall–Kier alpha value is -0.680. The van der Waals surface area contributed by atoms with E-state index in [1.807, 2.05) is 0 Å². The smallest absolute Gasteiger partial charge is 0.324 e. The normalized spacial score (nSPS) is 12.7. The number of hydrogen-bond acceptors (Lipinski definition) is 3. The monoisotopic (exact) mass is 264 g/mol. The maximum Gasteiger partial charge on any atom is 0.329 e. The highest BCUT2D eigenvalue weighted by Gasteiger charge is 2.13. The van der Waals surface area contributed by atoms with Crippen molar-refractivity contribution in [1.29, 1.82) is 0 Å². The zero-order chi connectivity index (χ0) is 12.4. The first-order valence-corrected chi connectivity index (χ1v) is 8.32. The molecule has 5 nitrogen and oxygen atoms in total. The Balaban J connectivity index is 2.80. The second-order valence-corrected chi connectivity index (χ2v) is 7.50. The van der Waals surface area contributed by atoms with Crippen LogP contribution in [0.2, 0.25) is 0 Å². The van der Waals surface area contributed by atoms with Crippen molar-refractivity contribution in [2.75, 3.05) is 6.26 Å². The number of benzene rings is 1. The minimum absolute atomic E-state index is 0.0663.